The largest absolute Gasteiger partial charge is 0.274 e. The first kappa shape index (κ1) is 11.9. The molecule has 98 valence electrons. The van der Waals surface area contributed by atoms with Crippen LogP contribution in [0.25, 0.3) is 0 Å². The monoisotopic (exact) mass is 367 g/mol. The molecule has 0 unspecified atom stereocenters. The van der Waals surface area contributed by atoms with Crippen LogP contribution in [-0.2, 0) is 9.59 Å². The number of amides is 2. The zero-order valence-corrected chi connectivity index (χ0v) is 12.5. The molecule has 0 radical (unpaired) electrons. The maximum atomic E-state index is 12.6. The molecule has 4 heteroatoms. The number of hydrogen-bond donors (Lipinski definition) is 0. The molecule has 0 aromatic heterocycles. The van der Waals surface area contributed by atoms with Crippen molar-refractivity contribution >= 4 is 40.1 Å². The Morgan fingerprint density at radius 2 is 1.47 bits per heavy atom. The summed E-state index contributed by atoms with van der Waals surface area (Å²) in [6, 6.07) is 7.64. The van der Waals surface area contributed by atoms with E-state index < -0.39 is 0 Å². The van der Waals surface area contributed by atoms with Crippen molar-refractivity contribution in [1.82, 2.24) is 0 Å². The number of carbonyl (C=O) groups is 2. The van der Waals surface area contributed by atoms with Crippen LogP contribution >= 0.6 is 22.6 Å². The molecule has 3 nitrogen and oxygen atoms in total. The molecule has 1 aliphatic heterocycles. The van der Waals surface area contributed by atoms with Crippen LogP contribution in [0.4, 0.5) is 5.69 Å². The second-order valence-electron chi connectivity index (χ2n) is 5.87. The fourth-order valence-electron chi connectivity index (χ4n) is 4.25. The van der Waals surface area contributed by atoms with Gasteiger partial charge in [0.05, 0.1) is 17.5 Å². The molecular weight excluding hydrogens is 353 g/mol. The third kappa shape index (κ3) is 1.55. The van der Waals surface area contributed by atoms with Gasteiger partial charge in [0.2, 0.25) is 11.8 Å². The summed E-state index contributed by atoms with van der Waals surface area (Å²) in [7, 11) is 0. The number of anilines is 1. The number of carbonyl (C=O) groups excluding carboxylic acids is 2. The van der Waals surface area contributed by atoms with E-state index in [1.165, 1.54) is 4.90 Å². The molecule has 19 heavy (non-hydrogen) atoms. The van der Waals surface area contributed by atoms with Gasteiger partial charge in [0.15, 0.2) is 0 Å². The van der Waals surface area contributed by atoms with Crippen molar-refractivity contribution in [2.75, 3.05) is 4.90 Å². The van der Waals surface area contributed by atoms with E-state index in [1.54, 1.807) is 0 Å². The highest BCUT2D eigenvalue weighted by atomic mass is 127. The highest BCUT2D eigenvalue weighted by Crippen LogP contribution is 2.56. The summed E-state index contributed by atoms with van der Waals surface area (Å²) in [6.07, 6.45) is 3.35. The zero-order chi connectivity index (χ0) is 13.1. The standard InChI is InChI=1S/C15H14INO2/c16-10-3-5-11(6-4-10)17-14(18)12-8-1-2-9(7-8)13(12)15(17)19/h3-6,8-9,12-13H,1-2,7H2/t8-,9+,12-,13+. The van der Waals surface area contributed by atoms with Gasteiger partial charge in [-0.1, -0.05) is 0 Å². The SMILES string of the molecule is O=C1[C@@H]2[C@@H]3CC[C@@H](C3)[C@@H]2C(=O)N1c1ccc(I)cc1. The van der Waals surface area contributed by atoms with Crippen LogP contribution in [0.15, 0.2) is 24.3 Å². The number of imide groups is 1. The molecule has 1 aromatic rings. The molecule has 3 aliphatic rings. The van der Waals surface area contributed by atoms with E-state index in [4.69, 9.17) is 0 Å². The van der Waals surface area contributed by atoms with Crippen LogP contribution in [0.3, 0.4) is 0 Å². The molecule has 0 N–H and O–H groups in total. The molecule has 2 bridgehead atoms. The van der Waals surface area contributed by atoms with Gasteiger partial charge in [-0.05, 0) is 78.0 Å². The maximum absolute atomic E-state index is 12.6. The second kappa shape index (κ2) is 4.04. The number of fused-ring (bicyclic) bond motifs is 5. The van der Waals surface area contributed by atoms with E-state index in [1.807, 2.05) is 24.3 Å². The summed E-state index contributed by atoms with van der Waals surface area (Å²) in [4.78, 5) is 26.6. The van der Waals surface area contributed by atoms with E-state index in [0.717, 1.165) is 28.5 Å². The molecule has 3 fully saturated rings. The van der Waals surface area contributed by atoms with Crippen LogP contribution in [0.5, 0.6) is 0 Å². The Bertz CT molecular complexity index is 540. The van der Waals surface area contributed by atoms with Gasteiger partial charge < -0.3 is 0 Å². The first-order valence-electron chi connectivity index (χ1n) is 6.80. The Kier molecular flexibility index (Phi) is 2.53. The molecule has 2 saturated carbocycles. The van der Waals surface area contributed by atoms with E-state index in [-0.39, 0.29) is 23.7 Å². The Morgan fingerprint density at radius 3 is 2.00 bits per heavy atom. The summed E-state index contributed by atoms with van der Waals surface area (Å²) in [5.74, 6) is 0.962. The van der Waals surface area contributed by atoms with Crippen molar-refractivity contribution in [2.45, 2.75) is 19.3 Å². The molecule has 4 rings (SSSR count). The fourth-order valence-corrected chi connectivity index (χ4v) is 4.61. The highest BCUT2D eigenvalue weighted by Gasteiger charge is 2.61. The molecular formula is C15H14INO2. The van der Waals surface area contributed by atoms with Gasteiger partial charge in [-0.3, -0.25) is 14.5 Å². The van der Waals surface area contributed by atoms with Crippen LogP contribution in [0.2, 0.25) is 0 Å². The van der Waals surface area contributed by atoms with Crippen molar-refractivity contribution in [3.8, 4) is 0 Å². The van der Waals surface area contributed by atoms with Gasteiger partial charge in [-0.15, -0.1) is 0 Å². The molecule has 2 amide bonds. The molecule has 0 spiro atoms. The van der Waals surface area contributed by atoms with Crippen molar-refractivity contribution < 1.29 is 9.59 Å². The van der Waals surface area contributed by atoms with Crippen molar-refractivity contribution in [3.63, 3.8) is 0 Å². The number of benzene rings is 1. The van der Waals surface area contributed by atoms with E-state index in [2.05, 4.69) is 22.6 Å². The first-order valence-corrected chi connectivity index (χ1v) is 7.88. The Balaban J connectivity index is 1.73. The quantitative estimate of drug-likeness (QED) is 0.566. The van der Waals surface area contributed by atoms with Crippen LogP contribution in [0, 0.1) is 27.2 Å². The maximum Gasteiger partial charge on any atom is 0.237 e. The number of hydrogen-bond acceptors (Lipinski definition) is 2. The number of halogens is 1. The fraction of sp³-hybridized carbons (Fsp3) is 0.467. The molecule has 2 aliphatic carbocycles. The minimum Gasteiger partial charge on any atom is -0.274 e. The van der Waals surface area contributed by atoms with Crippen molar-refractivity contribution in [3.05, 3.63) is 27.8 Å². The lowest BCUT2D eigenvalue weighted by Crippen LogP contribution is -2.32. The summed E-state index contributed by atoms with van der Waals surface area (Å²) in [6.45, 7) is 0. The smallest absolute Gasteiger partial charge is 0.237 e. The van der Waals surface area contributed by atoms with Gasteiger partial charge in [0.1, 0.15) is 0 Å². The summed E-state index contributed by atoms with van der Waals surface area (Å²) in [5, 5.41) is 0. The van der Waals surface area contributed by atoms with Crippen LogP contribution < -0.4 is 4.90 Å². The lowest BCUT2D eigenvalue weighted by Gasteiger charge is -2.19. The molecule has 1 aromatic carbocycles. The van der Waals surface area contributed by atoms with E-state index >= 15 is 0 Å². The lowest BCUT2D eigenvalue weighted by atomic mass is 9.81. The van der Waals surface area contributed by atoms with Crippen molar-refractivity contribution in [2.24, 2.45) is 23.7 Å². The Labute approximate surface area is 125 Å². The topological polar surface area (TPSA) is 37.4 Å². The van der Waals surface area contributed by atoms with Crippen LogP contribution in [-0.4, -0.2) is 11.8 Å². The molecule has 4 atom stereocenters. The number of nitrogens with zero attached hydrogens (tertiary/aromatic N) is 1. The summed E-state index contributed by atoms with van der Waals surface area (Å²) >= 11 is 2.23. The minimum absolute atomic E-state index is 0.0227. The summed E-state index contributed by atoms with van der Waals surface area (Å²) < 4.78 is 1.11. The van der Waals surface area contributed by atoms with Gasteiger partial charge in [0.25, 0.3) is 0 Å². The van der Waals surface area contributed by atoms with E-state index in [0.29, 0.717) is 11.8 Å². The minimum atomic E-state index is -0.0227. The van der Waals surface area contributed by atoms with Crippen LogP contribution in [0.1, 0.15) is 19.3 Å². The normalized spacial score (nSPS) is 36.2. The Hall–Kier alpha value is -0.910. The average Bonchev–Trinajstić information content (AvgIpc) is 3.06. The van der Waals surface area contributed by atoms with Gasteiger partial charge >= 0.3 is 0 Å². The first-order chi connectivity index (χ1) is 9.16. The van der Waals surface area contributed by atoms with Gasteiger partial charge in [0, 0.05) is 3.57 Å². The zero-order valence-electron chi connectivity index (χ0n) is 10.4. The predicted octanol–water partition coefficient (Wildman–Crippen LogP) is 2.83. The Morgan fingerprint density at radius 1 is 0.947 bits per heavy atom. The molecule has 1 heterocycles. The van der Waals surface area contributed by atoms with Gasteiger partial charge in [-0.2, -0.15) is 0 Å². The second-order valence-corrected chi connectivity index (χ2v) is 7.12. The van der Waals surface area contributed by atoms with Gasteiger partial charge in [-0.25, -0.2) is 0 Å². The summed E-state index contributed by atoms with van der Waals surface area (Å²) in [5.41, 5.74) is 0.740. The predicted molar refractivity (Wildman–Crippen MR) is 79.5 cm³/mol. The van der Waals surface area contributed by atoms with E-state index in [9.17, 15) is 9.59 Å². The average molecular weight is 367 g/mol. The highest BCUT2D eigenvalue weighted by molar-refractivity contribution is 14.1. The number of rotatable bonds is 1. The van der Waals surface area contributed by atoms with Crippen molar-refractivity contribution in [1.29, 1.82) is 0 Å². The lowest BCUT2D eigenvalue weighted by molar-refractivity contribution is -0.123. The third-order valence-electron chi connectivity index (χ3n) is 5.01. The third-order valence-corrected chi connectivity index (χ3v) is 5.73. The molecule has 1 saturated heterocycles.